The molecule has 0 spiro atoms. The summed E-state index contributed by atoms with van der Waals surface area (Å²) in [5, 5.41) is 5.34. The molecule has 0 fully saturated rings. The van der Waals surface area contributed by atoms with E-state index in [2.05, 4.69) is 26.6 Å². The van der Waals surface area contributed by atoms with Crippen LogP contribution in [0.25, 0.3) is 0 Å². The second kappa shape index (κ2) is 7.50. The van der Waals surface area contributed by atoms with E-state index in [1.807, 2.05) is 25.1 Å². The standard InChI is InChI=1S/C16H19BrN2O4/c1-4-7-23-12-6-5-10(8-11(12)17)14-13(15(20)22-3)9(2)18-16(21)19-14/h5-6,8,14H,4,7H2,1-3H3,(H2,18,19,21). The lowest BCUT2D eigenvalue weighted by Crippen LogP contribution is -2.45. The summed E-state index contributed by atoms with van der Waals surface area (Å²) in [4.78, 5) is 23.8. The van der Waals surface area contributed by atoms with Gasteiger partial charge in [0.05, 0.1) is 29.8 Å². The lowest BCUT2D eigenvalue weighted by atomic mass is 9.95. The number of halogens is 1. The second-order valence-corrected chi connectivity index (χ2v) is 5.95. The molecule has 0 aromatic heterocycles. The van der Waals surface area contributed by atoms with Gasteiger partial charge in [0.15, 0.2) is 0 Å². The average molecular weight is 383 g/mol. The number of carbonyl (C=O) groups is 2. The van der Waals surface area contributed by atoms with Gasteiger partial charge in [-0.05, 0) is 47.0 Å². The van der Waals surface area contributed by atoms with Crippen LogP contribution in [0.3, 0.4) is 0 Å². The van der Waals surface area contributed by atoms with Crippen molar-refractivity contribution in [3.8, 4) is 5.75 Å². The average Bonchev–Trinajstić information content (AvgIpc) is 2.52. The summed E-state index contributed by atoms with van der Waals surface area (Å²) >= 11 is 3.46. The number of amides is 2. The lowest BCUT2D eigenvalue weighted by Gasteiger charge is -2.28. The van der Waals surface area contributed by atoms with Crippen molar-refractivity contribution in [2.75, 3.05) is 13.7 Å². The van der Waals surface area contributed by atoms with E-state index < -0.39 is 12.0 Å². The van der Waals surface area contributed by atoms with Gasteiger partial charge >= 0.3 is 12.0 Å². The smallest absolute Gasteiger partial charge is 0.337 e. The number of ether oxygens (including phenoxy) is 2. The number of hydrogen-bond donors (Lipinski definition) is 2. The van der Waals surface area contributed by atoms with Gasteiger partial charge in [-0.2, -0.15) is 0 Å². The molecule has 1 atom stereocenters. The Hall–Kier alpha value is -2.02. The largest absolute Gasteiger partial charge is 0.492 e. The van der Waals surface area contributed by atoms with Crippen LogP contribution in [-0.4, -0.2) is 25.7 Å². The van der Waals surface area contributed by atoms with Crippen LogP contribution in [0.1, 0.15) is 31.9 Å². The first-order chi connectivity index (χ1) is 11.0. The number of esters is 1. The SMILES string of the molecule is CCCOc1ccc(C2NC(=O)NC(C)=C2C(=O)OC)cc1Br. The Kier molecular flexibility index (Phi) is 5.65. The van der Waals surface area contributed by atoms with Gasteiger partial charge in [-0.1, -0.05) is 13.0 Å². The molecule has 1 unspecified atom stereocenters. The number of carbonyl (C=O) groups excluding carboxylic acids is 2. The normalized spacial score (nSPS) is 17.4. The Morgan fingerprint density at radius 3 is 2.74 bits per heavy atom. The number of hydrogen-bond acceptors (Lipinski definition) is 4. The van der Waals surface area contributed by atoms with Crippen molar-refractivity contribution in [2.45, 2.75) is 26.3 Å². The van der Waals surface area contributed by atoms with Crippen LogP contribution in [0.2, 0.25) is 0 Å². The van der Waals surface area contributed by atoms with Gasteiger partial charge in [0.2, 0.25) is 0 Å². The molecule has 0 saturated carbocycles. The van der Waals surface area contributed by atoms with Gasteiger partial charge in [0.25, 0.3) is 0 Å². The molecule has 2 rings (SSSR count). The van der Waals surface area contributed by atoms with E-state index in [0.29, 0.717) is 17.9 Å². The zero-order valence-corrected chi connectivity index (χ0v) is 14.8. The third kappa shape index (κ3) is 3.85. The molecule has 2 N–H and O–H groups in total. The molecule has 6 nitrogen and oxygen atoms in total. The molecule has 1 aromatic rings. The Morgan fingerprint density at radius 2 is 2.13 bits per heavy atom. The molecular formula is C16H19BrN2O4. The Balaban J connectivity index is 2.38. The second-order valence-electron chi connectivity index (χ2n) is 5.10. The minimum atomic E-state index is -0.576. The van der Waals surface area contributed by atoms with Crippen LogP contribution >= 0.6 is 15.9 Å². The topological polar surface area (TPSA) is 76.7 Å². The molecule has 124 valence electrons. The maximum Gasteiger partial charge on any atom is 0.337 e. The first-order valence-electron chi connectivity index (χ1n) is 7.26. The summed E-state index contributed by atoms with van der Waals surface area (Å²) in [5.74, 6) is 0.235. The van der Waals surface area contributed by atoms with Crippen molar-refractivity contribution in [3.05, 3.63) is 39.5 Å². The number of nitrogens with one attached hydrogen (secondary N) is 2. The highest BCUT2D eigenvalue weighted by Crippen LogP contribution is 2.33. The molecule has 0 bridgehead atoms. The van der Waals surface area contributed by atoms with Crippen LogP contribution in [-0.2, 0) is 9.53 Å². The van der Waals surface area contributed by atoms with Crippen molar-refractivity contribution in [3.63, 3.8) is 0 Å². The van der Waals surface area contributed by atoms with Crippen molar-refractivity contribution in [1.29, 1.82) is 0 Å². The quantitative estimate of drug-likeness (QED) is 0.767. The molecule has 1 aromatic carbocycles. The van der Waals surface area contributed by atoms with E-state index in [9.17, 15) is 9.59 Å². The number of urea groups is 1. The van der Waals surface area contributed by atoms with Gasteiger partial charge in [0.1, 0.15) is 5.75 Å². The molecule has 2 amide bonds. The first kappa shape index (κ1) is 17.3. The molecule has 0 aliphatic carbocycles. The monoisotopic (exact) mass is 382 g/mol. The van der Waals surface area contributed by atoms with Crippen molar-refractivity contribution in [2.24, 2.45) is 0 Å². The summed E-state index contributed by atoms with van der Waals surface area (Å²) < 4.78 is 11.2. The highest BCUT2D eigenvalue weighted by Gasteiger charge is 2.32. The van der Waals surface area contributed by atoms with Gasteiger partial charge in [-0.3, -0.25) is 0 Å². The van der Waals surface area contributed by atoms with Crippen molar-refractivity contribution >= 4 is 27.9 Å². The minimum absolute atomic E-state index is 0.359. The van der Waals surface area contributed by atoms with E-state index in [1.165, 1.54) is 7.11 Å². The zero-order valence-electron chi connectivity index (χ0n) is 13.2. The summed E-state index contributed by atoms with van der Waals surface area (Å²) in [6, 6.07) is 4.53. The van der Waals surface area contributed by atoms with Crippen molar-refractivity contribution < 1.29 is 19.1 Å². The van der Waals surface area contributed by atoms with Gasteiger partial charge in [-0.15, -0.1) is 0 Å². The van der Waals surface area contributed by atoms with E-state index >= 15 is 0 Å². The Bertz CT molecular complexity index is 657. The molecule has 1 aliphatic heterocycles. The van der Waals surface area contributed by atoms with Crippen LogP contribution in [0.5, 0.6) is 5.75 Å². The fourth-order valence-corrected chi connectivity index (χ4v) is 2.86. The molecule has 0 radical (unpaired) electrons. The highest BCUT2D eigenvalue weighted by atomic mass is 79.9. The van der Waals surface area contributed by atoms with E-state index in [4.69, 9.17) is 9.47 Å². The number of rotatable bonds is 5. The Labute approximate surface area is 143 Å². The van der Waals surface area contributed by atoms with E-state index in [0.717, 1.165) is 22.2 Å². The third-order valence-electron chi connectivity index (χ3n) is 3.43. The van der Waals surface area contributed by atoms with Gasteiger partial charge in [0, 0.05) is 5.70 Å². The summed E-state index contributed by atoms with van der Waals surface area (Å²) in [6.45, 7) is 4.32. The van der Waals surface area contributed by atoms with Crippen LogP contribution in [0, 0.1) is 0 Å². The zero-order chi connectivity index (χ0) is 17.0. The Morgan fingerprint density at radius 1 is 1.39 bits per heavy atom. The fourth-order valence-electron chi connectivity index (χ4n) is 2.35. The molecule has 1 aliphatic rings. The molecule has 23 heavy (non-hydrogen) atoms. The first-order valence-corrected chi connectivity index (χ1v) is 8.06. The predicted octanol–water partition coefficient (Wildman–Crippen LogP) is 3.04. The molecule has 0 saturated heterocycles. The van der Waals surface area contributed by atoms with Gasteiger partial charge in [-0.25, -0.2) is 9.59 Å². The summed E-state index contributed by atoms with van der Waals surface area (Å²) in [6.07, 6.45) is 0.910. The lowest BCUT2D eigenvalue weighted by molar-refractivity contribution is -0.136. The van der Waals surface area contributed by atoms with Gasteiger partial charge < -0.3 is 20.1 Å². The number of methoxy groups -OCH3 is 1. The maximum absolute atomic E-state index is 12.1. The van der Waals surface area contributed by atoms with E-state index in [1.54, 1.807) is 6.92 Å². The number of benzene rings is 1. The molecular weight excluding hydrogens is 364 g/mol. The minimum Gasteiger partial charge on any atom is -0.492 e. The van der Waals surface area contributed by atoms with Crippen molar-refractivity contribution in [1.82, 2.24) is 10.6 Å². The number of allylic oxidation sites excluding steroid dienone is 1. The summed E-state index contributed by atoms with van der Waals surface area (Å²) in [7, 11) is 1.31. The van der Waals surface area contributed by atoms with Crippen LogP contribution in [0.15, 0.2) is 33.9 Å². The van der Waals surface area contributed by atoms with Crippen LogP contribution < -0.4 is 15.4 Å². The third-order valence-corrected chi connectivity index (χ3v) is 4.05. The van der Waals surface area contributed by atoms with Crippen LogP contribution in [0.4, 0.5) is 4.79 Å². The molecule has 7 heteroatoms. The molecule has 1 heterocycles. The predicted molar refractivity (Wildman–Crippen MR) is 89.1 cm³/mol. The highest BCUT2D eigenvalue weighted by molar-refractivity contribution is 9.10. The fraction of sp³-hybridized carbons (Fsp3) is 0.375. The van der Waals surface area contributed by atoms with E-state index in [-0.39, 0.29) is 6.03 Å². The summed E-state index contributed by atoms with van der Waals surface area (Å²) in [5.41, 5.74) is 1.62. The maximum atomic E-state index is 12.1.